The van der Waals surface area contributed by atoms with Crippen LogP contribution in [0.15, 0.2) is 39.2 Å². The molecule has 2 heterocycles. The van der Waals surface area contributed by atoms with E-state index in [9.17, 15) is 19.5 Å². The van der Waals surface area contributed by atoms with Gasteiger partial charge in [-0.3, -0.25) is 9.59 Å². The van der Waals surface area contributed by atoms with Crippen LogP contribution in [0, 0.1) is 24.7 Å². The molecule has 202 valence electrons. The number of aliphatic carboxylic acids is 1. The number of fused-ring (bicyclic) bond motifs is 1. The number of carbonyl (C=O) groups is 3. The number of allylic oxidation sites excluding steroid dienone is 4. The van der Waals surface area contributed by atoms with Crippen LogP contribution in [0.25, 0.3) is 11.0 Å². The van der Waals surface area contributed by atoms with Crippen LogP contribution in [0.1, 0.15) is 90.0 Å². The van der Waals surface area contributed by atoms with Gasteiger partial charge in [0.1, 0.15) is 28.6 Å². The maximum Gasteiger partial charge on any atom is 0.347 e. The Hall–Kier alpha value is -3.35. The van der Waals surface area contributed by atoms with Gasteiger partial charge in [0, 0.05) is 53.3 Å². The molecule has 0 atom stereocenters. The Balaban J connectivity index is 1.81. The van der Waals surface area contributed by atoms with Crippen molar-refractivity contribution in [1.29, 1.82) is 0 Å². The molecule has 3 aliphatic rings. The van der Waals surface area contributed by atoms with Gasteiger partial charge in [0.25, 0.3) is 0 Å². The predicted octanol–water partition coefficient (Wildman–Crippen LogP) is 6.69. The summed E-state index contributed by atoms with van der Waals surface area (Å²) < 4.78 is 18.7. The first-order valence-electron chi connectivity index (χ1n) is 13.2. The van der Waals surface area contributed by atoms with E-state index in [2.05, 4.69) is 0 Å². The van der Waals surface area contributed by atoms with Crippen molar-refractivity contribution in [2.45, 2.75) is 92.6 Å². The largest absolute Gasteiger partial charge is 0.478 e. The van der Waals surface area contributed by atoms with E-state index in [0.717, 1.165) is 10.9 Å². The number of ether oxygens (including phenoxy) is 2. The molecule has 7 heteroatoms. The lowest BCUT2D eigenvalue weighted by molar-refractivity contribution is -0.152. The summed E-state index contributed by atoms with van der Waals surface area (Å²) >= 11 is 0. The van der Waals surface area contributed by atoms with Gasteiger partial charge in [-0.2, -0.15) is 0 Å². The van der Waals surface area contributed by atoms with Gasteiger partial charge in [-0.25, -0.2) is 4.79 Å². The van der Waals surface area contributed by atoms with Crippen LogP contribution in [0.4, 0.5) is 0 Å². The molecule has 0 fully saturated rings. The third-order valence-electron chi connectivity index (χ3n) is 7.95. The van der Waals surface area contributed by atoms with Gasteiger partial charge in [-0.1, -0.05) is 27.7 Å². The predicted molar refractivity (Wildman–Crippen MR) is 142 cm³/mol. The number of hydrogen-bond acceptors (Lipinski definition) is 6. The highest BCUT2D eigenvalue weighted by Gasteiger charge is 2.49. The quantitative estimate of drug-likeness (QED) is 0.479. The van der Waals surface area contributed by atoms with Crippen LogP contribution < -0.4 is 4.74 Å². The molecular weight excluding hydrogens is 484 g/mol. The molecule has 38 heavy (non-hydrogen) atoms. The van der Waals surface area contributed by atoms with E-state index in [-0.39, 0.29) is 22.4 Å². The normalized spacial score (nSPS) is 21.4. The first-order chi connectivity index (χ1) is 17.5. The van der Waals surface area contributed by atoms with E-state index in [1.54, 1.807) is 6.07 Å². The molecule has 1 aromatic carbocycles. The standard InChI is InChI=1S/C31H36O7/c1-15-9-17-16(2)21(38-31(7,8)28(34)35)10-18(27(17)36-15)24-25-19(32)11-29(3,4)13-22(25)37-23-14-30(5,6)12-20(33)26(23)24/h9-10,24H,11-14H2,1-8H3,(H,34,35). The minimum atomic E-state index is -1.49. The van der Waals surface area contributed by atoms with Crippen molar-refractivity contribution in [2.24, 2.45) is 10.8 Å². The zero-order valence-corrected chi connectivity index (χ0v) is 23.5. The highest BCUT2D eigenvalue weighted by Crippen LogP contribution is 2.55. The number of aryl methyl sites for hydroxylation is 2. The van der Waals surface area contributed by atoms with E-state index in [1.807, 2.05) is 47.6 Å². The van der Waals surface area contributed by atoms with E-state index in [4.69, 9.17) is 13.9 Å². The fourth-order valence-electron chi connectivity index (χ4n) is 6.08. The highest BCUT2D eigenvalue weighted by molar-refractivity contribution is 6.07. The summed E-state index contributed by atoms with van der Waals surface area (Å²) in [5, 5.41) is 10.5. The Bertz CT molecular complexity index is 1420. The lowest BCUT2D eigenvalue weighted by atomic mass is 9.65. The molecule has 5 rings (SSSR count). The minimum absolute atomic E-state index is 0.0456. The molecule has 1 N–H and O–H groups in total. The van der Waals surface area contributed by atoms with Gasteiger partial charge in [0.05, 0.1) is 5.92 Å². The number of rotatable bonds is 4. The average molecular weight is 521 g/mol. The molecule has 0 bridgehead atoms. The molecule has 0 radical (unpaired) electrons. The second-order valence-corrected chi connectivity index (χ2v) is 13.2. The average Bonchev–Trinajstić information content (AvgIpc) is 3.14. The number of hydrogen-bond donors (Lipinski definition) is 1. The SMILES string of the molecule is Cc1cc2c(C)c(OC(C)(C)C(=O)O)cc(C3C4=C(CC(C)(C)CC4=O)OC4=C3C(=O)CC(C)(C)C4)c2o1. The van der Waals surface area contributed by atoms with Crippen LogP contribution in [0.5, 0.6) is 5.75 Å². The molecule has 0 saturated carbocycles. The first kappa shape index (κ1) is 26.3. The highest BCUT2D eigenvalue weighted by atomic mass is 16.5. The molecule has 0 spiro atoms. The fraction of sp³-hybridized carbons (Fsp3) is 0.516. The number of carbonyl (C=O) groups excluding carboxylic acids is 2. The smallest absolute Gasteiger partial charge is 0.347 e. The van der Waals surface area contributed by atoms with Gasteiger partial charge in [0.2, 0.25) is 0 Å². The summed E-state index contributed by atoms with van der Waals surface area (Å²) in [6, 6.07) is 3.65. The maximum atomic E-state index is 13.7. The first-order valence-corrected chi connectivity index (χ1v) is 13.2. The van der Waals surface area contributed by atoms with Crippen molar-refractivity contribution in [1.82, 2.24) is 0 Å². The molecule has 1 aliphatic heterocycles. The zero-order chi connectivity index (χ0) is 27.9. The van der Waals surface area contributed by atoms with Crippen LogP contribution in [-0.2, 0) is 19.1 Å². The summed E-state index contributed by atoms with van der Waals surface area (Å²) in [5.74, 6) is 0.413. The van der Waals surface area contributed by atoms with Crippen molar-refractivity contribution in [2.75, 3.05) is 0 Å². The molecule has 0 amide bonds. The fourth-order valence-corrected chi connectivity index (χ4v) is 6.08. The van der Waals surface area contributed by atoms with Gasteiger partial charge >= 0.3 is 5.97 Å². The summed E-state index contributed by atoms with van der Waals surface area (Å²) in [6.07, 6.45) is 1.85. The lowest BCUT2D eigenvalue weighted by Gasteiger charge is -2.42. The van der Waals surface area contributed by atoms with Crippen LogP contribution in [0.3, 0.4) is 0 Å². The summed E-state index contributed by atoms with van der Waals surface area (Å²) in [4.78, 5) is 39.4. The Kier molecular flexibility index (Phi) is 5.75. The summed E-state index contributed by atoms with van der Waals surface area (Å²) in [6.45, 7) is 14.9. The zero-order valence-electron chi connectivity index (χ0n) is 23.5. The Morgan fingerprint density at radius 2 is 1.47 bits per heavy atom. The number of furan rings is 1. The van der Waals surface area contributed by atoms with Gasteiger partial charge < -0.3 is 19.0 Å². The number of carboxylic acids is 1. The molecule has 2 aromatic rings. The van der Waals surface area contributed by atoms with Crippen molar-refractivity contribution in [3.05, 3.63) is 51.7 Å². The number of Topliss-reactive ketones (excluding diaryl/α,β-unsaturated/α-hetero) is 2. The molecule has 7 nitrogen and oxygen atoms in total. The van der Waals surface area contributed by atoms with Crippen molar-refractivity contribution >= 4 is 28.5 Å². The molecule has 1 aromatic heterocycles. The maximum absolute atomic E-state index is 13.7. The van der Waals surface area contributed by atoms with Gasteiger partial charge in [0.15, 0.2) is 17.2 Å². The lowest BCUT2D eigenvalue weighted by Crippen LogP contribution is -2.38. The second-order valence-electron chi connectivity index (χ2n) is 13.2. The van der Waals surface area contributed by atoms with E-state index in [1.165, 1.54) is 13.8 Å². The van der Waals surface area contributed by atoms with E-state index >= 15 is 0 Å². The molecule has 0 saturated heterocycles. The monoisotopic (exact) mass is 520 g/mol. The number of benzene rings is 1. The van der Waals surface area contributed by atoms with Crippen LogP contribution in [-0.4, -0.2) is 28.2 Å². The van der Waals surface area contributed by atoms with Crippen LogP contribution in [0.2, 0.25) is 0 Å². The third kappa shape index (κ3) is 4.26. The number of carboxylic acid groups (broad SMARTS) is 1. The summed E-state index contributed by atoms with van der Waals surface area (Å²) in [5.41, 5.74) is 0.900. The second kappa shape index (κ2) is 8.32. The van der Waals surface area contributed by atoms with Crippen molar-refractivity contribution in [3.8, 4) is 5.75 Å². The Morgan fingerprint density at radius 1 is 0.947 bits per heavy atom. The third-order valence-corrected chi connectivity index (χ3v) is 7.95. The van der Waals surface area contributed by atoms with Crippen LogP contribution >= 0.6 is 0 Å². The Labute approximate surface area is 222 Å². The van der Waals surface area contributed by atoms with E-state index in [0.29, 0.717) is 71.0 Å². The van der Waals surface area contributed by atoms with Gasteiger partial charge in [-0.05, 0) is 50.7 Å². The van der Waals surface area contributed by atoms with Crippen molar-refractivity contribution < 1.29 is 33.4 Å². The van der Waals surface area contributed by atoms with Crippen molar-refractivity contribution in [3.63, 3.8) is 0 Å². The number of ketones is 2. The summed E-state index contributed by atoms with van der Waals surface area (Å²) in [7, 11) is 0. The molecule has 2 aliphatic carbocycles. The molecular formula is C31H36O7. The minimum Gasteiger partial charge on any atom is -0.478 e. The Morgan fingerprint density at radius 3 is 1.97 bits per heavy atom. The van der Waals surface area contributed by atoms with Gasteiger partial charge in [-0.15, -0.1) is 0 Å². The topological polar surface area (TPSA) is 103 Å². The molecule has 0 unspecified atom stereocenters. The van der Waals surface area contributed by atoms with E-state index < -0.39 is 17.5 Å².